The molecule has 1 N–H and O–H groups in total. The van der Waals surface area contributed by atoms with Crippen molar-refractivity contribution in [3.63, 3.8) is 0 Å². The number of hydrogen-bond donors (Lipinski definition) is 1. The fourth-order valence-electron chi connectivity index (χ4n) is 4.29. The summed E-state index contributed by atoms with van der Waals surface area (Å²) in [5, 5.41) is 17.7. The van der Waals surface area contributed by atoms with E-state index in [1.165, 1.54) is 16.8 Å². The third-order valence-electron chi connectivity index (χ3n) is 5.56. The van der Waals surface area contributed by atoms with E-state index in [4.69, 9.17) is 4.74 Å². The molecule has 1 atom stereocenters. The topological polar surface area (TPSA) is 74.5 Å². The Morgan fingerprint density at radius 3 is 2.41 bits per heavy atom. The van der Waals surface area contributed by atoms with Crippen LogP contribution in [0, 0.1) is 0 Å². The molecule has 1 unspecified atom stereocenters. The van der Waals surface area contributed by atoms with Gasteiger partial charge in [0.15, 0.2) is 0 Å². The average Bonchev–Trinajstić information content (AvgIpc) is 2.98. The number of esters is 1. The number of allylic oxidation sites excluding steroid dienone is 2. The number of benzene rings is 2. The van der Waals surface area contributed by atoms with Crippen molar-refractivity contribution in [2.45, 2.75) is 58.5 Å². The molecule has 0 fully saturated rings. The van der Waals surface area contributed by atoms with Crippen LogP contribution in [0.3, 0.4) is 0 Å². The summed E-state index contributed by atoms with van der Waals surface area (Å²) in [4.78, 5) is 14.1. The molecule has 34 heavy (non-hydrogen) atoms. The van der Waals surface area contributed by atoms with Crippen molar-refractivity contribution in [1.82, 2.24) is 0 Å². The molecule has 6 nitrogen and oxygen atoms in total. The van der Waals surface area contributed by atoms with Crippen LogP contribution in [0.4, 0.5) is 5.69 Å². The molecule has 0 spiro atoms. The number of nitrogens with zero attached hydrogens (tertiary/aromatic N) is 3. The van der Waals surface area contributed by atoms with Gasteiger partial charge < -0.3 is 14.7 Å². The van der Waals surface area contributed by atoms with Crippen molar-refractivity contribution in [2.24, 2.45) is 10.2 Å². The normalized spacial score (nSPS) is 19.3. The molecular formula is C27H33CoN3O3. The standard InChI is InChI=1S/C27H33N3O3.Co/c1-6-30-22-15-11-10-14-21(22)27(5,19-20-12-8-7-9-13-20)23(30)16-17-28-29-24(31)18-25(32)33-26(2,3)4;/h7-17H,6,18-19H2,1-5H3,(H,29,31);/b23-16-,28-17+;. The van der Waals surface area contributed by atoms with E-state index in [1.54, 1.807) is 27.0 Å². The van der Waals surface area contributed by atoms with E-state index in [0.717, 1.165) is 18.7 Å². The summed E-state index contributed by atoms with van der Waals surface area (Å²) in [6.07, 6.45) is 4.03. The van der Waals surface area contributed by atoms with Crippen molar-refractivity contribution in [1.29, 1.82) is 0 Å². The zero-order valence-corrected chi connectivity index (χ0v) is 21.5. The molecule has 3 rings (SSSR count). The number of ether oxygens (including phenoxy) is 1. The minimum absolute atomic E-state index is 0. The van der Waals surface area contributed by atoms with Gasteiger partial charge in [-0.2, -0.15) is 5.10 Å². The van der Waals surface area contributed by atoms with Crippen molar-refractivity contribution in [3.05, 3.63) is 77.5 Å². The predicted molar refractivity (Wildman–Crippen MR) is 134 cm³/mol. The monoisotopic (exact) mass is 506 g/mol. The van der Waals surface area contributed by atoms with Crippen LogP contribution in [0.2, 0.25) is 0 Å². The van der Waals surface area contributed by atoms with E-state index in [1.807, 2.05) is 12.1 Å². The van der Waals surface area contributed by atoms with Gasteiger partial charge in [0, 0.05) is 40.1 Å². The van der Waals surface area contributed by atoms with Crippen molar-refractivity contribution in [2.75, 3.05) is 11.4 Å². The Kier molecular flexibility index (Phi) is 9.24. The fraction of sp³-hybridized carbons (Fsp3) is 0.370. The molecule has 1 aliphatic heterocycles. The number of aliphatic hydroxyl groups excluding tert-OH is 1. The van der Waals surface area contributed by atoms with E-state index in [9.17, 15) is 9.90 Å². The van der Waals surface area contributed by atoms with Gasteiger partial charge in [-0.1, -0.05) is 48.5 Å². The smallest absolute Gasteiger partial charge is 0.315 e. The maximum absolute atomic E-state index is 11.8. The van der Waals surface area contributed by atoms with E-state index in [2.05, 4.69) is 77.5 Å². The van der Waals surface area contributed by atoms with Gasteiger partial charge in [-0.25, -0.2) is 0 Å². The number of para-hydroxylation sites is 1. The Morgan fingerprint density at radius 2 is 1.76 bits per heavy atom. The van der Waals surface area contributed by atoms with Crippen LogP contribution in [-0.2, 0) is 38.1 Å². The van der Waals surface area contributed by atoms with E-state index < -0.39 is 11.6 Å². The Bertz CT molecular complexity index is 1070. The van der Waals surface area contributed by atoms with Crippen LogP contribution >= 0.6 is 0 Å². The molecule has 183 valence electrons. The molecule has 1 radical (unpaired) electrons. The van der Waals surface area contributed by atoms with Gasteiger partial charge in [-0.3, -0.25) is 4.79 Å². The molecule has 2 aromatic rings. The van der Waals surface area contributed by atoms with Crippen LogP contribution < -0.4 is 4.90 Å². The molecule has 0 aromatic heterocycles. The zero-order valence-electron chi connectivity index (χ0n) is 20.4. The van der Waals surface area contributed by atoms with Crippen LogP contribution in [0.25, 0.3) is 0 Å². The molecule has 0 bridgehead atoms. The first kappa shape index (κ1) is 27.3. The van der Waals surface area contributed by atoms with Crippen LogP contribution in [0.1, 0.15) is 52.2 Å². The summed E-state index contributed by atoms with van der Waals surface area (Å²) in [7, 11) is 0. The average molecular weight is 507 g/mol. The van der Waals surface area contributed by atoms with E-state index in [-0.39, 0.29) is 34.5 Å². The third-order valence-corrected chi connectivity index (χ3v) is 5.56. The Labute approximate surface area is 212 Å². The van der Waals surface area contributed by atoms with Gasteiger partial charge in [-0.05, 0) is 64.3 Å². The summed E-state index contributed by atoms with van der Waals surface area (Å²) in [6, 6.07) is 18.9. The fourth-order valence-corrected chi connectivity index (χ4v) is 4.29. The number of aliphatic hydroxyl groups is 1. The molecular weight excluding hydrogens is 473 g/mol. The number of carbonyl (C=O) groups is 1. The predicted octanol–water partition coefficient (Wildman–Crippen LogP) is 5.58. The first-order chi connectivity index (χ1) is 15.6. The number of rotatable bonds is 7. The Hall–Kier alpha value is -2.90. The number of fused-ring (bicyclic) bond motifs is 1. The molecule has 2 aromatic carbocycles. The quantitative estimate of drug-likeness (QED) is 0.230. The molecule has 0 saturated heterocycles. The SMILES string of the molecule is CCN1\C(=C/C=N/N=C(\O)CC(=O)OC(C)(C)C)C(C)(Cc2ccccc2)c2ccccc21.[Co]. The largest absolute Gasteiger partial charge is 0.495 e. The van der Waals surface area contributed by atoms with Gasteiger partial charge in [-0.15, -0.1) is 5.10 Å². The summed E-state index contributed by atoms with van der Waals surface area (Å²) in [5.41, 5.74) is 3.96. The summed E-state index contributed by atoms with van der Waals surface area (Å²) < 4.78 is 5.19. The maximum Gasteiger partial charge on any atom is 0.315 e. The third kappa shape index (κ3) is 6.58. The molecule has 0 amide bonds. The minimum Gasteiger partial charge on any atom is -0.495 e. The molecule has 0 aliphatic carbocycles. The van der Waals surface area contributed by atoms with Gasteiger partial charge in [0.05, 0.1) is 6.21 Å². The van der Waals surface area contributed by atoms with Crippen molar-refractivity contribution < 1.29 is 31.4 Å². The van der Waals surface area contributed by atoms with Gasteiger partial charge >= 0.3 is 5.97 Å². The summed E-state index contributed by atoms with van der Waals surface area (Å²) in [5.74, 6) is -0.927. The van der Waals surface area contributed by atoms with E-state index >= 15 is 0 Å². The second kappa shape index (κ2) is 11.5. The molecule has 1 heterocycles. The first-order valence-corrected chi connectivity index (χ1v) is 11.3. The Balaban J connectivity index is 0.00000408. The van der Waals surface area contributed by atoms with Crippen LogP contribution in [0.15, 0.2) is 76.6 Å². The second-order valence-corrected chi connectivity index (χ2v) is 9.35. The summed E-state index contributed by atoms with van der Waals surface area (Å²) >= 11 is 0. The number of carbonyl (C=O) groups excluding carboxylic acids is 1. The Morgan fingerprint density at radius 1 is 1.12 bits per heavy atom. The number of hydrogen-bond acceptors (Lipinski definition) is 5. The second-order valence-electron chi connectivity index (χ2n) is 9.35. The van der Waals surface area contributed by atoms with E-state index in [0.29, 0.717) is 0 Å². The molecule has 7 heteroatoms. The molecule has 0 saturated carbocycles. The van der Waals surface area contributed by atoms with Crippen molar-refractivity contribution in [3.8, 4) is 0 Å². The minimum atomic E-state index is -0.616. The maximum atomic E-state index is 11.8. The van der Waals surface area contributed by atoms with Crippen LogP contribution in [-0.4, -0.2) is 35.3 Å². The summed E-state index contributed by atoms with van der Waals surface area (Å²) in [6.45, 7) is 10.5. The van der Waals surface area contributed by atoms with Gasteiger partial charge in [0.1, 0.15) is 12.0 Å². The first-order valence-electron chi connectivity index (χ1n) is 11.3. The number of anilines is 1. The molecule has 1 aliphatic rings. The van der Waals surface area contributed by atoms with Gasteiger partial charge in [0.25, 0.3) is 0 Å². The number of likely N-dealkylation sites (N-methyl/N-ethyl adjacent to an activating group) is 1. The van der Waals surface area contributed by atoms with Crippen LogP contribution in [0.5, 0.6) is 0 Å². The van der Waals surface area contributed by atoms with Gasteiger partial charge in [0.2, 0.25) is 5.90 Å². The zero-order chi connectivity index (χ0) is 24.1. The van der Waals surface area contributed by atoms with Crippen molar-refractivity contribution >= 4 is 23.8 Å².